The Balaban J connectivity index is 1.74. The van der Waals surface area contributed by atoms with Gasteiger partial charge in [-0.1, -0.05) is 6.92 Å². The van der Waals surface area contributed by atoms with Crippen LogP contribution < -0.4 is 5.32 Å². The fourth-order valence-corrected chi connectivity index (χ4v) is 2.62. The molecule has 1 N–H and O–H groups in total. The van der Waals surface area contributed by atoms with Gasteiger partial charge in [0.2, 0.25) is 0 Å². The van der Waals surface area contributed by atoms with Gasteiger partial charge in [-0.3, -0.25) is 0 Å². The first kappa shape index (κ1) is 10.4. The molecule has 0 spiro atoms. The van der Waals surface area contributed by atoms with Gasteiger partial charge in [-0.25, -0.2) is 0 Å². The molecule has 0 aromatic carbocycles. The molecule has 2 fully saturated rings. The van der Waals surface area contributed by atoms with Crippen LogP contribution in [0.5, 0.6) is 0 Å². The van der Waals surface area contributed by atoms with E-state index in [0.29, 0.717) is 0 Å². The highest BCUT2D eigenvalue weighted by molar-refractivity contribution is 4.87. The number of nitrogens with one attached hydrogen (secondary N) is 1. The quantitative estimate of drug-likeness (QED) is 0.725. The van der Waals surface area contributed by atoms with Gasteiger partial charge < -0.3 is 10.2 Å². The second kappa shape index (κ2) is 4.63. The van der Waals surface area contributed by atoms with Gasteiger partial charge in [0, 0.05) is 12.1 Å². The Morgan fingerprint density at radius 1 is 1.07 bits per heavy atom. The van der Waals surface area contributed by atoms with Gasteiger partial charge >= 0.3 is 0 Å². The monoisotopic (exact) mass is 196 g/mol. The third-order valence-corrected chi connectivity index (χ3v) is 4.02. The summed E-state index contributed by atoms with van der Waals surface area (Å²) < 4.78 is 0. The van der Waals surface area contributed by atoms with Gasteiger partial charge in [0.05, 0.1) is 0 Å². The molecule has 1 aliphatic heterocycles. The highest BCUT2D eigenvalue weighted by Gasteiger charge is 2.28. The molecular weight excluding hydrogens is 172 g/mol. The van der Waals surface area contributed by atoms with Gasteiger partial charge in [0.15, 0.2) is 0 Å². The van der Waals surface area contributed by atoms with Crippen LogP contribution in [-0.4, -0.2) is 37.1 Å². The summed E-state index contributed by atoms with van der Waals surface area (Å²) in [7, 11) is 2.24. The van der Waals surface area contributed by atoms with Crippen molar-refractivity contribution in [1.29, 1.82) is 0 Å². The number of rotatable bonds is 2. The minimum Gasteiger partial charge on any atom is -0.311 e. The molecule has 1 aliphatic carbocycles. The van der Waals surface area contributed by atoms with E-state index in [4.69, 9.17) is 0 Å². The van der Waals surface area contributed by atoms with Crippen molar-refractivity contribution in [3.05, 3.63) is 0 Å². The summed E-state index contributed by atoms with van der Waals surface area (Å²) in [4.78, 5) is 2.46. The smallest absolute Gasteiger partial charge is 0.00954 e. The Labute approximate surface area is 88.1 Å². The summed E-state index contributed by atoms with van der Waals surface area (Å²) in [6, 6.07) is 1.64. The first-order valence-electron chi connectivity index (χ1n) is 6.20. The van der Waals surface area contributed by atoms with Gasteiger partial charge in [-0.05, 0) is 58.2 Å². The number of likely N-dealkylation sites (tertiary alicyclic amines) is 1. The van der Waals surface area contributed by atoms with Crippen molar-refractivity contribution in [2.75, 3.05) is 20.1 Å². The number of hydrogen-bond donors (Lipinski definition) is 1. The molecular formula is C12H24N2. The lowest BCUT2D eigenvalue weighted by molar-refractivity contribution is 0.202. The molecule has 2 nitrogen and oxygen atoms in total. The second-order valence-electron chi connectivity index (χ2n) is 5.26. The molecule has 0 aromatic rings. The maximum atomic E-state index is 3.84. The molecule has 0 bridgehead atoms. The Morgan fingerprint density at radius 3 is 2.57 bits per heavy atom. The zero-order valence-corrected chi connectivity index (χ0v) is 9.63. The van der Waals surface area contributed by atoms with Crippen molar-refractivity contribution in [2.24, 2.45) is 5.92 Å². The van der Waals surface area contributed by atoms with Crippen LogP contribution in [0, 0.1) is 5.92 Å². The van der Waals surface area contributed by atoms with Crippen LogP contribution in [0.2, 0.25) is 0 Å². The predicted octanol–water partition coefficient (Wildman–Crippen LogP) is 1.86. The van der Waals surface area contributed by atoms with Crippen molar-refractivity contribution in [1.82, 2.24) is 10.2 Å². The number of nitrogens with zero attached hydrogens (tertiary/aromatic N) is 1. The van der Waals surface area contributed by atoms with E-state index >= 15 is 0 Å². The highest BCUT2D eigenvalue weighted by Crippen LogP contribution is 2.27. The molecule has 3 atom stereocenters. The molecule has 1 saturated heterocycles. The van der Waals surface area contributed by atoms with E-state index in [1.807, 2.05) is 0 Å². The van der Waals surface area contributed by atoms with E-state index < -0.39 is 0 Å². The molecule has 2 rings (SSSR count). The molecule has 3 unspecified atom stereocenters. The minimum absolute atomic E-state index is 0.799. The summed E-state index contributed by atoms with van der Waals surface area (Å²) in [5, 5.41) is 3.84. The molecule has 0 radical (unpaired) electrons. The van der Waals surface area contributed by atoms with E-state index in [2.05, 4.69) is 24.2 Å². The molecule has 14 heavy (non-hydrogen) atoms. The van der Waals surface area contributed by atoms with Crippen LogP contribution >= 0.6 is 0 Å². The van der Waals surface area contributed by atoms with Gasteiger partial charge in [-0.15, -0.1) is 0 Å². The van der Waals surface area contributed by atoms with Crippen LogP contribution in [0.1, 0.15) is 39.0 Å². The maximum Gasteiger partial charge on any atom is 0.00954 e. The van der Waals surface area contributed by atoms with Crippen molar-refractivity contribution in [3.8, 4) is 0 Å². The number of hydrogen-bond acceptors (Lipinski definition) is 2. The Bertz CT molecular complexity index is 181. The lowest BCUT2D eigenvalue weighted by Gasteiger charge is -2.37. The summed E-state index contributed by atoms with van der Waals surface area (Å²) in [6.45, 7) is 4.95. The normalized spacial score (nSPS) is 40.3. The molecule has 0 amide bonds. The van der Waals surface area contributed by atoms with E-state index in [0.717, 1.165) is 18.0 Å². The zero-order chi connectivity index (χ0) is 9.97. The summed E-state index contributed by atoms with van der Waals surface area (Å²) >= 11 is 0. The van der Waals surface area contributed by atoms with E-state index in [-0.39, 0.29) is 0 Å². The third-order valence-electron chi connectivity index (χ3n) is 4.02. The fraction of sp³-hybridized carbons (Fsp3) is 1.00. The van der Waals surface area contributed by atoms with Crippen molar-refractivity contribution < 1.29 is 0 Å². The van der Waals surface area contributed by atoms with Crippen LogP contribution in [0.25, 0.3) is 0 Å². The lowest BCUT2D eigenvalue weighted by atomic mass is 9.80. The minimum atomic E-state index is 0.799. The third kappa shape index (κ3) is 2.48. The molecule has 1 heterocycles. The first-order valence-corrected chi connectivity index (χ1v) is 6.20. The Morgan fingerprint density at radius 2 is 1.93 bits per heavy atom. The molecule has 1 saturated carbocycles. The van der Waals surface area contributed by atoms with Crippen molar-refractivity contribution in [3.63, 3.8) is 0 Å². The highest BCUT2D eigenvalue weighted by atomic mass is 15.1. The van der Waals surface area contributed by atoms with Gasteiger partial charge in [0.25, 0.3) is 0 Å². The summed E-state index contributed by atoms with van der Waals surface area (Å²) in [6.07, 6.45) is 6.94. The van der Waals surface area contributed by atoms with Gasteiger partial charge in [-0.2, -0.15) is 0 Å². The second-order valence-corrected chi connectivity index (χ2v) is 5.26. The molecule has 2 aliphatic rings. The molecule has 0 aromatic heterocycles. The fourth-order valence-electron chi connectivity index (χ4n) is 2.62. The Hall–Kier alpha value is -0.0800. The SMILES string of the molecule is CC1CCC1NC1CCCN(C)CC1. The Kier molecular flexibility index (Phi) is 3.45. The first-order chi connectivity index (χ1) is 6.75. The van der Waals surface area contributed by atoms with E-state index in [1.54, 1.807) is 0 Å². The lowest BCUT2D eigenvalue weighted by Crippen LogP contribution is -2.47. The standard InChI is InChI=1S/C12H24N2/c1-10-5-6-12(10)13-11-4-3-8-14(2)9-7-11/h10-13H,3-9H2,1-2H3. The largest absolute Gasteiger partial charge is 0.311 e. The van der Waals surface area contributed by atoms with E-state index in [1.165, 1.54) is 45.2 Å². The van der Waals surface area contributed by atoms with Gasteiger partial charge in [0.1, 0.15) is 0 Å². The topological polar surface area (TPSA) is 15.3 Å². The predicted molar refractivity (Wildman–Crippen MR) is 60.5 cm³/mol. The van der Waals surface area contributed by atoms with Crippen LogP contribution in [-0.2, 0) is 0 Å². The summed E-state index contributed by atoms with van der Waals surface area (Å²) in [5.74, 6) is 0.927. The summed E-state index contributed by atoms with van der Waals surface area (Å²) in [5.41, 5.74) is 0. The van der Waals surface area contributed by atoms with E-state index in [9.17, 15) is 0 Å². The molecule has 82 valence electrons. The van der Waals surface area contributed by atoms with Crippen molar-refractivity contribution in [2.45, 2.75) is 51.1 Å². The maximum absolute atomic E-state index is 3.84. The van der Waals surface area contributed by atoms with Crippen molar-refractivity contribution >= 4 is 0 Å². The molecule has 2 heteroatoms. The average Bonchev–Trinajstić information content (AvgIpc) is 2.37. The zero-order valence-electron chi connectivity index (χ0n) is 9.63. The van der Waals surface area contributed by atoms with Crippen LogP contribution in [0.3, 0.4) is 0 Å². The average molecular weight is 196 g/mol. The van der Waals surface area contributed by atoms with Crippen LogP contribution in [0.4, 0.5) is 0 Å². The van der Waals surface area contributed by atoms with Crippen LogP contribution in [0.15, 0.2) is 0 Å².